The summed E-state index contributed by atoms with van der Waals surface area (Å²) in [5, 5.41) is 0.0705. The molecular weight excluding hydrogens is 264 g/mol. The van der Waals surface area contributed by atoms with E-state index in [-0.39, 0.29) is 5.12 Å². The van der Waals surface area contributed by atoms with Gasteiger partial charge in [-0.2, -0.15) is 0 Å². The van der Waals surface area contributed by atoms with Crippen LogP contribution in [0.4, 0.5) is 0 Å². The van der Waals surface area contributed by atoms with E-state index >= 15 is 0 Å². The van der Waals surface area contributed by atoms with Crippen molar-refractivity contribution in [2.45, 2.75) is 6.92 Å². The van der Waals surface area contributed by atoms with Gasteiger partial charge in [0, 0.05) is 6.92 Å². The third kappa shape index (κ3) is 4.40. The average molecular weight is 271 g/mol. The lowest BCUT2D eigenvalue weighted by Gasteiger charge is -1.88. The van der Waals surface area contributed by atoms with E-state index in [1.807, 2.05) is 0 Å². The summed E-state index contributed by atoms with van der Waals surface area (Å²) >= 11 is 4.36. The van der Waals surface area contributed by atoms with Gasteiger partial charge in [0.15, 0.2) is 5.12 Å². The topological polar surface area (TPSA) is 42.9 Å². The van der Waals surface area contributed by atoms with Gasteiger partial charge in [-0.15, -0.1) is 0 Å². The van der Waals surface area contributed by atoms with Crippen LogP contribution >= 0.6 is 27.7 Å². The molecule has 1 aromatic heterocycles. The van der Waals surface area contributed by atoms with Crippen LogP contribution in [0.25, 0.3) is 0 Å². The predicted octanol–water partition coefficient (Wildman–Crippen LogP) is 1.87. The van der Waals surface area contributed by atoms with Crippen LogP contribution in [-0.4, -0.2) is 20.8 Å². The monoisotopic (exact) mass is 270 g/mol. The molecule has 0 aliphatic rings. The van der Waals surface area contributed by atoms with Crippen LogP contribution in [0.5, 0.6) is 0 Å². The van der Waals surface area contributed by atoms with E-state index < -0.39 is 0 Å². The van der Waals surface area contributed by atoms with Crippen molar-refractivity contribution >= 4 is 32.8 Å². The standard InChI is InChI=1S/C9H7BrN2OS/c1-7(13)14-4-2-3-8-5-12-9(10)6-11-8/h5-6H,4H2,1H3. The van der Waals surface area contributed by atoms with Crippen molar-refractivity contribution < 1.29 is 4.79 Å². The van der Waals surface area contributed by atoms with Crippen LogP contribution < -0.4 is 0 Å². The average Bonchev–Trinajstić information content (AvgIpc) is 2.15. The van der Waals surface area contributed by atoms with Crippen molar-refractivity contribution in [3.8, 4) is 11.8 Å². The first-order chi connectivity index (χ1) is 6.68. The van der Waals surface area contributed by atoms with E-state index in [1.165, 1.54) is 18.7 Å². The summed E-state index contributed by atoms with van der Waals surface area (Å²) in [5.74, 6) is 6.13. The Bertz CT molecular complexity index is 380. The van der Waals surface area contributed by atoms with Gasteiger partial charge in [-0.25, -0.2) is 9.97 Å². The van der Waals surface area contributed by atoms with Crippen LogP contribution in [0.3, 0.4) is 0 Å². The number of halogens is 1. The molecule has 0 radical (unpaired) electrons. The maximum absolute atomic E-state index is 10.6. The molecule has 0 unspecified atom stereocenters. The number of carbonyl (C=O) groups excluding carboxylic acids is 1. The van der Waals surface area contributed by atoms with Crippen LogP contribution in [0.1, 0.15) is 12.6 Å². The van der Waals surface area contributed by atoms with Crippen LogP contribution in [0.15, 0.2) is 17.0 Å². The van der Waals surface area contributed by atoms with E-state index in [1.54, 1.807) is 12.4 Å². The van der Waals surface area contributed by atoms with Gasteiger partial charge in [0.2, 0.25) is 0 Å². The molecule has 3 nitrogen and oxygen atoms in total. The van der Waals surface area contributed by atoms with Crippen molar-refractivity contribution in [3.63, 3.8) is 0 Å². The molecule has 0 bridgehead atoms. The summed E-state index contributed by atoms with van der Waals surface area (Å²) < 4.78 is 0.682. The highest BCUT2D eigenvalue weighted by Gasteiger charge is 1.91. The smallest absolute Gasteiger partial charge is 0.186 e. The molecule has 0 saturated carbocycles. The molecule has 0 spiro atoms. The zero-order valence-corrected chi connectivity index (χ0v) is 9.85. The third-order valence-corrected chi connectivity index (χ3v) is 2.29. The van der Waals surface area contributed by atoms with Gasteiger partial charge in [-0.05, 0) is 21.9 Å². The van der Waals surface area contributed by atoms with E-state index in [9.17, 15) is 4.79 Å². The Hall–Kier alpha value is -0.860. The zero-order valence-electron chi connectivity index (χ0n) is 7.45. The Labute approximate surface area is 94.8 Å². The Morgan fingerprint density at radius 1 is 1.57 bits per heavy atom. The van der Waals surface area contributed by atoms with E-state index in [4.69, 9.17) is 0 Å². The zero-order chi connectivity index (χ0) is 10.4. The van der Waals surface area contributed by atoms with Gasteiger partial charge in [0.25, 0.3) is 0 Å². The first-order valence-corrected chi connectivity index (χ1v) is 5.56. The number of carbonyl (C=O) groups is 1. The summed E-state index contributed by atoms with van der Waals surface area (Å²) in [7, 11) is 0. The van der Waals surface area contributed by atoms with Crippen LogP contribution in [0.2, 0.25) is 0 Å². The lowest BCUT2D eigenvalue weighted by Crippen LogP contribution is -1.86. The van der Waals surface area contributed by atoms with E-state index in [0.29, 0.717) is 16.0 Å². The molecule has 5 heteroatoms. The number of hydrogen-bond donors (Lipinski definition) is 0. The molecule has 72 valence electrons. The summed E-state index contributed by atoms with van der Waals surface area (Å²) in [4.78, 5) is 18.5. The maximum Gasteiger partial charge on any atom is 0.186 e. The summed E-state index contributed by atoms with van der Waals surface area (Å²) in [5.41, 5.74) is 0.609. The minimum absolute atomic E-state index is 0.0705. The normalized spacial score (nSPS) is 9.00. The van der Waals surface area contributed by atoms with Gasteiger partial charge >= 0.3 is 0 Å². The quantitative estimate of drug-likeness (QED) is 0.731. The second-order valence-corrected chi connectivity index (χ2v) is 4.27. The second kappa shape index (κ2) is 5.78. The summed E-state index contributed by atoms with van der Waals surface area (Å²) in [6.07, 6.45) is 3.16. The Kier molecular flexibility index (Phi) is 4.63. The number of thioether (sulfide) groups is 1. The lowest BCUT2D eigenvalue weighted by atomic mass is 10.4. The fourth-order valence-electron chi connectivity index (χ4n) is 0.641. The predicted molar refractivity (Wildman–Crippen MR) is 59.7 cm³/mol. The third-order valence-electron chi connectivity index (χ3n) is 1.18. The van der Waals surface area contributed by atoms with Crippen molar-refractivity contribution in [1.29, 1.82) is 0 Å². The van der Waals surface area contributed by atoms with Crippen molar-refractivity contribution in [2.24, 2.45) is 0 Å². The highest BCUT2D eigenvalue weighted by molar-refractivity contribution is 9.10. The molecule has 0 aliphatic carbocycles. The Balaban J connectivity index is 2.51. The second-order valence-electron chi connectivity index (χ2n) is 2.31. The van der Waals surface area contributed by atoms with E-state index in [2.05, 4.69) is 37.7 Å². The van der Waals surface area contributed by atoms with Gasteiger partial charge in [0.05, 0.1) is 18.1 Å². The number of rotatable bonds is 1. The van der Waals surface area contributed by atoms with Gasteiger partial charge in [0.1, 0.15) is 10.3 Å². The molecule has 1 heterocycles. The number of nitrogens with zero attached hydrogens (tertiary/aromatic N) is 2. The highest BCUT2D eigenvalue weighted by Crippen LogP contribution is 2.02. The van der Waals surface area contributed by atoms with E-state index in [0.717, 1.165) is 0 Å². The molecule has 0 aromatic carbocycles. The van der Waals surface area contributed by atoms with Gasteiger partial charge in [-0.1, -0.05) is 17.7 Å². The molecule has 1 aromatic rings. The Morgan fingerprint density at radius 2 is 2.36 bits per heavy atom. The molecule has 1 rings (SSSR count). The molecule has 0 saturated heterocycles. The number of aromatic nitrogens is 2. The summed E-state index contributed by atoms with van der Waals surface area (Å²) in [6, 6.07) is 0. The first kappa shape index (κ1) is 11.2. The number of hydrogen-bond acceptors (Lipinski definition) is 4. The molecule has 0 fully saturated rings. The van der Waals surface area contributed by atoms with Crippen LogP contribution in [0, 0.1) is 11.8 Å². The molecule has 0 atom stereocenters. The van der Waals surface area contributed by atoms with Gasteiger partial charge in [-0.3, -0.25) is 4.79 Å². The van der Waals surface area contributed by atoms with Gasteiger partial charge < -0.3 is 0 Å². The fraction of sp³-hybridized carbons (Fsp3) is 0.222. The first-order valence-electron chi connectivity index (χ1n) is 3.78. The van der Waals surface area contributed by atoms with Crippen molar-refractivity contribution in [2.75, 3.05) is 5.75 Å². The molecule has 0 aliphatic heterocycles. The van der Waals surface area contributed by atoms with Crippen molar-refractivity contribution in [3.05, 3.63) is 22.7 Å². The minimum Gasteiger partial charge on any atom is -0.288 e. The Morgan fingerprint density at radius 3 is 2.93 bits per heavy atom. The lowest BCUT2D eigenvalue weighted by molar-refractivity contribution is -0.109. The molecule has 0 N–H and O–H groups in total. The largest absolute Gasteiger partial charge is 0.288 e. The van der Waals surface area contributed by atoms with Crippen molar-refractivity contribution in [1.82, 2.24) is 9.97 Å². The SMILES string of the molecule is CC(=O)SCC#Cc1cnc(Br)cn1. The van der Waals surface area contributed by atoms with Crippen LogP contribution in [-0.2, 0) is 4.79 Å². The minimum atomic E-state index is 0.0705. The summed E-state index contributed by atoms with van der Waals surface area (Å²) in [6.45, 7) is 1.52. The maximum atomic E-state index is 10.6. The fourth-order valence-corrected chi connectivity index (χ4v) is 1.19. The molecular formula is C9H7BrN2OS. The molecule has 0 amide bonds. The highest BCUT2D eigenvalue weighted by atomic mass is 79.9. The molecule has 14 heavy (non-hydrogen) atoms.